The summed E-state index contributed by atoms with van der Waals surface area (Å²) in [7, 11) is -0.0393. The van der Waals surface area contributed by atoms with E-state index >= 15 is 0 Å². The van der Waals surface area contributed by atoms with Crippen molar-refractivity contribution >= 4 is 15.7 Å². The highest BCUT2D eigenvalue weighted by molar-refractivity contribution is 7.89. The van der Waals surface area contributed by atoms with E-state index in [1.807, 2.05) is 6.07 Å². The second-order valence-corrected chi connectivity index (χ2v) is 7.78. The van der Waals surface area contributed by atoms with E-state index < -0.39 is 9.84 Å². The number of carbonyl (C=O) groups is 1. The summed E-state index contributed by atoms with van der Waals surface area (Å²) in [5, 5.41) is 2.81. The Bertz CT molecular complexity index is 862. The van der Waals surface area contributed by atoms with Crippen molar-refractivity contribution in [3.05, 3.63) is 59.2 Å². The molecule has 134 valence electrons. The molecule has 0 fully saturated rings. The van der Waals surface area contributed by atoms with E-state index in [9.17, 15) is 13.2 Å². The van der Waals surface area contributed by atoms with Gasteiger partial charge in [0.15, 0.2) is 21.3 Å². The molecule has 2 rings (SSSR count). The van der Waals surface area contributed by atoms with Gasteiger partial charge in [-0.05, 0) is 35.4 Å². The van der Waals surface area contributed by atoms with E-state index in [2.05, 4.69) is 5.32 Å². The first-order valence-corrected chi connectivity index (χ1v) is 9.64. The monoisotopic (exact) mass is 363 g/mol. The summed E-state index contributed by atoms with van der Waals surface area (Å²) < 4.78 is 33.2. The van der Waals surface area contributed by atoms with Crippen LogP contribution in [0.4, 0.5) is 0 Å². The Morgan fingerprint density at radius 2 is 1.72 bits per heavy atom. The molecule has 0 aromatic heterocycles. The Hall–Kier alpha value is -2.54. The Labute approximate surface area is 147 Å². The van der Waals surface area contributed by atoms with Crippen molar-refractivity contribution in [2.24, 2.45) is 0 Å². The van der Waals surface area contributed by atoms with Gasteiger partial charge in [-0.2, -0.15) is 0 Å². The van der Waals surface area contributed by atoms with Gasteiger partial charge in [0.1, 0.15) is 0 Å². The fourth-order valence-electron chi connectivity index (χ4n) is 2.38. The Morgan fingerprint density at radius 1 is 1.00 bits per heavy atom. The summed E-state index contributed by atoms with van der Waals surface area (Å²) in [6, 6.07) is 12.0. The number of methoxy groups -OCH3 is 2. The molecule has 0 radical (unpaired) electrons. The molecule has 1 amide bonds. The summed E-state index contributed by atoms with van der Waals surface area (Å²) in [5.41, 5.74) is 1.86. The van der Waals surface area contributed by atoms with Gasteiger partial charge >= 0.3 is 0 Å². The third-order valence-corrected chi connectivity index (χ3v) is 4.38. The molecule has 0 aliphatic heterocycles. The van der Waals surface area contributed by atoms with Crippen molar-refractivity contribution in [1.29, 1.82) is 0 Å². The second-order valence-electron chi connectivity index (χ2n) is 5.64. The van der Waals surface area contributed by atoms with E-state index in [-0.39, 0.29) is 11.7 Å². The topological polar surface area (TPSA) is 81.7 Å². The maximum Gasteiger partial charge on any atom is 0.251 e. The van der Waals surface area contributed by atoms with Crippen LogP contribution in [0.1, 0.15) is 21.5 Å². The summed E-state index contributed by atoms with van der Waals surface area (Å²) in [5.74, 6) is 0.838. The molecule has 0 bridgehead atoms. The predicted molar refractivity (Wildman–Crippen MR) is 95.7 cm³/mol. The summed E-state index contributed by atoms with van der Waals surface area (Å²) in [6.07, 6.45) is 1.16. The Balaban J connectivity index is 2.06. The molecule has 7 heteroatoms. The van der Waals surface area contributed by atoms with Crippen LogP contribution in [0.3, 0.4) is 0 Å². The molecule has 0 heterocycles. The lowest BCUT2D eigenvalue weighted by molar-refractivity contribution is 0.0950. The van der Waals surface area contributed by atoms with Crippen molar-refractivity contribution in [1.82, 2.24) is 5.32 Å². The van der Waals surface area contributed by atoms with E-state index in [1.165, 1.54) is 0 Å². The number of amides is 1. The number of rotatable bonds is 7. The number of nitrogens with one attached hydrogen (secondary N) is 1. The number of sulfone groups is 1. The second kappa shape index (κ2) is 8.02. The lowest BCUT2D eigenvalue weighted by atomic mass is 10.1. The number of hydrogen-bond acceptors (Lipinski definition) is 5. The number of carbonyl (C=O) groups excluding carboxylic acids is 1. The van der Waals surface area contributed by atoms with E-state index in [0.29, 0.717) is 29.2 Å². The van der Waals surface area contributed by atoms with Crippen molar-refractivity contribution in [2.45, 2.75) is 12.3 Å². The van der Waals surface area contributed by atoms with Gasteiger partial charge in [0.05, 0.1) is 20.0 Å². The van der Waals surface area contributed by atoms with Crippen LogP contribution in [0.25, 0.3) is 0 Å². The first kappa shape index (κ1) is 18.8. The normalized spacial score (nSPS) is 11.0. The van der Waals surface area contributed by atoms with Gasteiger partial charge in [0, 0.05) is 18.4 Å². The summed E-state index contributed by atoms with van der Waals surface area (Å²) in [4.78, 5) is 12.3. The average Bonchev–Trinajstić information content (AvgIpc) is 2.58. The van der Waals surface area contributed by atoms with Gasteiger partial charge in [-0.1, -0.05) is 18.2 Å². The zero-order valence-electron chi connectivity index (χ0n) is 14.4. The van der Waals surface area contributed by atoms with Gasteiger partial charge in [-0.25, -0.2) is 8.42 Å². The van der Waals surface area contributed by atoms with Crippen LogP contribution in [0, 0.1) is 0 Å². The van der Waals surface area contributed by atoms with Crippen molar-refractivity contribution in [2.75, 3.05) is 20.5 Å². The zero-order valence-corrected chi connectivity index (χ0v) is 15.2. The van der Waals surface area contributed by atoms with Gasteiger partial charge in [-0.3, -0.25) is 4.79 Å². The van der Waals surface area contributed by atoms with Crippen LogP contribution in [0.15, 0.2) is 42.5 Å². The SMILES string of the molecule is COc1ccc(CNC(=O)c2cccc(CS(C)(=O)=O)c2)cc1OC. The number of ether oxygens (including phenoxy) is 2. The molecule has 0 spiro atoms. The smallest absolute Gasteiger partial charge is 0.251 e. The molecule has 0 saturated carbocycles. The van der Waals surface area contributed by atoms with Crippen LogP contribution >= 0.6 is 0 Å². The molecule has 6 nitrogen and oxygen atoms in total. The molecule has 0 unspecified atom stereocenters. The minimum Gasteiger partial charge on any atom is -0.493 e. The standard InChI is InChI=1S/C18H21NO5S/c1-23-16-8-7-13(10-17(16)24-2)11-19-18(20)15-6-4-5-14(9-15)12-25(3,21)22/h4-10H,11-12H2,1-3H3,(H,19,20). The molecule has 0 aliphatic carbocycles. The first-order valence-electron chi connectivity index (χ1n) is 7.58. The molecule has 0 atom stereocenters. The van der Waals surface area contributed by atoms with Crippen molar-refractivity contribution < 1.29 is 22.7 Å². The lowest BCUT2D eigenvalue weighted by Crippen LogP contribution is -2.23. The van der Waals surface area contributed by atoms with Crippen LogP contribution in [-0.4, -0.2) is 34.8 Å². The third-order valence-electron chi connectivity index (χ3n) is 3.52. The highest BCUT2D eigenvalue weighted by Crippen LogP contribution is 2.27. The maximum absolute atomic E-state index is 12.3. The zero-order chi connectivity index (χ0) is 18.4. The van der Waals surface area contributed by atoms with Crippen LogP contribution < -0.4 is 14.8 Å². The van der Waals surface area contributed by atoms with Gasteiger partial charge < -0.3 is 14.8 Å². The maximum atomic E-state index is 12.3. The molecule has 2 aromatic carbocycles. The Morgan fingerprint density at radius 3 is 2.36 bits per heavy atom. The minimum absolute atomic E-state index is 0.0935. The van der Waals surface area contributed by atoms with Gasteiger partial charge in [0.2, 0.25) is 0 Å². The molecule has 2 aromatic rings. The fraction of sp³-hybridized carbons (Fsp3) is 0.278. The first-order chi connectivity index (χ1) is 11.8. The summed E-state index contributed by atoms with van der Waals surface area (Å²) >= 11 is 0. The summed E-state index contributed by atoms with van der Waals surface area (Å²) in [6.45, 7) is 0.315. The van der Waals surface area contributed by atoms with E-state index in [1.54, 1.807) is 50.6 Å². The van der Waals surface area contributed by atoms with Crippen LogP contribution in [-0.2, 0) is 22.1 Å². The van der Waals surface area contributed by atoms with Gasteiger partial charge in [0.25, 0.3) is 5.91 Å². The molecular formula is C18H21NO5S. The Kier molecular flexibility index (Phi) is 6.03. The molecule has 1 N–H and O–H groups in total. The van der Waals surface area contributed by atoms with Crippen LogP contribution in [0.2, 0.25) is 0 Å². The molecule has 0 saturated heterocycles. The fourth-order valence-corrected chi connectivity index (χ4v) is 3.17. The van der Waals surface area contributed by atoms with Crippen LogP contribution in [0.5, 0.6) is 11.5 Å². The third kappa shape index (κ3) is 5.49. The molecule has 0 aliphatic rings. The van der Waals surface area contributed by atoms with E-state index in [4.69, 9.17) is 9.47 Å². The van der Waals surface area contributed by atoms with Gasteiger partial charge in [-0.15, -0.1) is 0 Å². The lowest BCUT2D eigenvalue weighted by Gasteiger charge is -2.11. The number of hydrogen-bond donors (Lipinski definition) is 1. The quantitative estimate of drug-likeness (QED) is 0.815. The largest absolute Gasteiger partial charge is 0.493 e. The van der Waals surface area contributed by atoms with E-state index in [0.717, 1.165) is 11.8 Å². The highest BCUT2D eigenvalue weighted by atomic mass is 32.2. The predicted octanol–water partition coefficient (Wildman–Crippen LogP) is 2.18. The number of benzene rings is 2. The van der Waals surface area contributed by atoms with Crippen molar-refractivity contribution in [3.8, 4) is 11.5 Å². The molecular weight excluding hydrogens is 342 g/mol. The van der Waals surface area contributed by atoms with Crippen molar-refractivity contribution in [3.63, 3.8) is 0 Å². The highest BCUT2D eigenvalue weighted by Gasteiger charge is 2.10. The minimum atomic E-state index is -3.15. The average molecular weight is 363 g/mol. The molecule has 25 heavy (non-hydrogen) atoms.